The number of benzene rings is 3. The Morgan fingerprint density at radius 2 is 1.16 bits per heavy atom. The number of alkyl halides is 6. The molecule has 0 unspecified atom stereocenters. The van der Waals surface area contributed by atoms with Crippen LogP contribution in [0.5, 0.6) is 0 Å². The first-order valence-corrected chi connectivity index (χ1v) is 12.6. The second kappa shape index (κ2) is 9.33. The summed E-state index contributed by atoms with van der Waals surface area (Å²) >= 11 is 0. The van der Waals surface area contributed by atoms with Crippen LogP contribution in [0.3, 0.4) is 0 Å². The number of halogens is 6. The Hall–Kier alpha value is -3.66. The third-order valence-electron chi connectivity index (χ3n) is 4.88. The van der Waals surface area contributed by atoms with Crippen molar-refractivity contribution in [3.63, 3.8) is 0 Å². The predicted octanol–water partition coefficient (Wildman–Crippen LogP) is 5.53. The highest BCUT2D eigenvalue weighted by atomic mass is 32.3. The predicted molar refractivity (Wildman–Crippen MR) is 118 cm³/mol. The van der Waals surface area contributed by atoms with E-state index < -0.39 is 73.3 Å². The first-order valence-electron chi connectivity index (χ1n) is 9.77. The van der Waals surface area contributed by atoms with E-state index in [1.807, 2.05) is 0 Å². The van der Waals surface area contributed by atoms with E-state index in [9.17, 15) is 53.3 Å². The lowest BCUT2D eigenvalue weighted by atomic mass is 10.2. The van der Waals surface area contributed by atoms with Crippen molar-refractivity contribution in [2.75, 3.05) is 3.71 Å². The van der Waals surface area contributed by atoms with E-state index in [0.29, 0.717) is 42.5 Å². The highest BCUT2D eigenvalue weighted by molar-refractivity contribution is 8.10. The van der Waals surface area contributed by atoms with Gasteiger partial charge in [-0.15, -0.1) is 3.71 Å². The first kappa shape index (κ1) is 27.9. The van der Waals surface area contributed by atoms with Crippen molar-refractivity contribution in [1.29, 1.82) is 0 Å². The summed E-state index contributed by atoms with van der Waals surface area (Å²) in [5.41, 5.74) is -4.98. The van der Waals surface area contributed by atoms with E-state index in [2.05, 4.69) is 0 Å². The van der Waals surface area contributed by atoms with E-state index in [-0.39, 0.29) is 17.7 Å². The average Bonchev–Trinajstić information content (AvgIpc) is 2.79. The van der Waals surface area contributed by atoms with Crippen LogP contribution in [0.4, 0.5) is 37.7 Å². The van der Waals surface area contributed by atoms with Crippen LogP contribution in [0.2, 0.25) is 0 Å². The van der Waals surface area contributed by atoms with Crippen molar-refractivity contribution in [3.8, 4) is 0 Å². The van der Waals surface area contributed by atoms with Crippen molar-refractivity contribution in [3.05, 3.63) is 93.5 Å². The third-order valence-corrected chi connectivity index (χ3v) is 9.02. The number of rotatable bonds is 6. The molecule has 0 N–H and O–H groups in total. The zero-order valence-corrected chi connectivity index (χ0v) is 19.9. The molecule has 0 amide bonds. The molecule has 0 aliphatic rings. The van der Waals surface area contributed by atoms with Gasteiger partial charge in [0, 0.05) is 6.07 Å². The van der Waals surface area contributed by atoms with Crippen LogP contribution in [-0.2, 0) is 32.4 Å². The van der Waals surface area contributed by atoms with Crippen LogP contribution in [-0.4, -0.2) is 21.8 Å². The standard InChI is InChI=1S/C21H14F6N2O6S2/c1-13-8-9-18(19(10-13)28(30)31)29(36(32,33)16-6-2-4-14(11-16)20(22,23)24)37(34,35)17-7-3-5-15(12-17)21(25,26)27/h2-12H,1H3. The molecule has 198 valence electrons. The highest BCUT2D eigenvalue weighted by Crippen LogP contribution is 2.40. The lowest BCUT2D eigenvalue weighted by Gasteiger charge is -2.24. The molecule has 3 aromatic rings. The van der Waals surface area contributed by atoms with Crippen LogP contribution < -0.4 is 3.71 Å². The molecule has 0 heterocycles. The quantitative estimate of drug-likeness (QED) is 0.220. The molecular formula is C21H14F6N2O6S2. The maximum atomic E-state index is 13.5. The Kier molecular flexibility index (Phi) is 7.04. The maximum Gasteiger partial charge on any atom is 0.416 e. The summed E-state index contributed by atoms with van der Waals surface area (Å²) in [5.74, 6) is 0. The molecule has 0 aliphatic carbocycles. The summed E-state index contributed by atoms with van der Waals surface area (Å²) in [6.07, 6.45) is -10.1. The SMILES string of the molecule is Cc1ccc(N(S(=O)(=O)c2cccc(C(F)(F)F)c2)S(=O)(=O)c2cccc(C(F)(F)F)c2)c([N+](=O)[O-])c1. The minimum Gasteiger partial charge on any atom is -0.258 e. The van der Waals surface area contributed by atoms with Gasteiger partial charge >= 0.3 is 12.4 Å². The van der Waals surface area contributed by atoms with Gasteiger partial charge in [-0.25, -0.2) is 16.8 Å². The van der Waals surface area contributed by atoms with Crippen molar-refractivity contribution in [2.24, 2.45) is 0 Å². The van der Waals surface area contributed by atoms with Gasteiger partial charge in [-0.2, -0.15) is 26.3 Å². The summed E-state index contributed by atoms with van der Waals surface area (Å²) in [4.78, 5) is 8.07. The van der Waals surface area contributed by atoms with Gasteiger partial charge in [0.15, 0.2) is 0 Å². The topological polar surface area (TPSA) is 115 Å². The Morgan fingerprint density at radius 1 is 0.730 bits per heavy atom. The van der Waals surface area contributed by atoms with Crippen LogP contribution in [0.25, 0.3) is 0 Å². The number of hydrogen-bond donors (Lipinski definition) is 0. The molecule has 16 heteroatoms. The van der Waals surface area contributed by atoms with Crippen molar-refractivity contribution >= 4 is 31.4 Å². The molecule has 0 spiro atoms. The van der Waals surface area contributed by atoms with Gasteiger partial charge in [-0.3, -0.25) is 10.1 Å². The monoisotopic (exact) mass is 568 g/mol. The number of nitrogens with zero attached hydrogens (tertiary/aromatic N) is 2. The van der Waals surface area contributed by atoms with Gasteiger partial charge in [0.25, 0.3) is 25.7 Å². The zero-order valence-electron chi connectivity index (χ0n) is 18.3. The molecule has 0 radical (unpaired) electrons. The molecule has 0 saturated carbocycles. The van der Waals surface area contributed by atoms with Crippen molar-refractivity contribution in [2.45, 2.75) is 29.1 Å². The third kappa shape index (κ3) is 5.53. The lowest BCUT2D eigenvalue weighted by molar-refractivity contribution is -0.384. The van der Waals surface area contributed by atoms with Crippen molar-refractivity contribution < 1.29 is 48.1 Å². The van der Waals surface area contributed by atoms with Gasteiger partial charge in [-0.05, 0) is 55.0 Å². The lowest BCUT2D eigenvalue weighted by Crippen LogP contribution is -2.37. The fourth-order valence-electron chi connectivity index (χ4n) is 3.18. The number of hydrogen-bond acceptors (Lipinski definition) is 6. The van der Waals surface area contributed by atoms with Crippen molar-refractivity contribution in [1.82, 2.24) is 0 Å². The second-order valence-corrected chi connectivity index (χ2v) is 11.3. The smallest absolute Gasteiger partial charge is 0.258 e. The van der Waals surface area contributed by atoms with E-state index >= 15 is 0 Å². The fraction of sp³-hybridized carbons (Fsp3) is 0.143. The maximum absolute atomic E-state index is 13.5. The largest absolute Gasteiger partial charge is 0.416 e. The van der Waals surface area contributed by atoms with E-state index in [4.69, 9.17) is 0 Å². The molecule has 8 nitrogen and oxygen atoms in total. The molecule has 0 bridgehead atoms. The summed E-state index contributed by atoms with van der Waals surface area (Å²) in [7, 11) is -11.2. The summed E-state index contributed by atoms with van der Waals surface area (Å²) in [6, 6.07) is 6.33. The normalized spacial score (nSPS) is 12.8. The molecular weight excluding hydrogens is 554 g/mol. The number of aryl methyl sites for hydroxylation is 1. The van der Waals surface area contributed by atoms with Gasteiger partial charge in [0.1, 0.15) is 5.69 Å². The summed E-state index contributed by atoms with van der Waals surface area (Å²) in [6.45, 7) is 1.35. The highest BCUT2D eigenvalue weighted by Gasteiger charge is 2.43. The minimum absolute atomic E-state index is 0.101. The Balaban J connectivity index is 2.40. The molecule has 0 aromatic heterocycles. The number of nitro groups is 1. The van der Waals surface area contributed by atoms with Crippen LogP contribution in [0.1, 0.15) is 16.7 Å². The van der Waals surface area contributed by atoms with E-state index in [1.165, 1.54) is 6.92 Å². The van der Waals surface area contributed by atoms with E-state index in [1.54, 1.807) is 0 Å². The Bertz CT molecular complexity index is 1500. The second-order valence-electron chi connectivity index (χ2n) is 7.51. The Morgan fingerprint density at radius 3 is 1.54 bits per heavy atom. The van der Waals surface area contributed by atoms with Gasteiger partial charge in [-0.1, -0.05) is 18.2 Å². The molecule has 0 saturated heterocycles. The van der Waals surface area contributed by atoms with Crippen LogP contribution >= 0.6 is 0 Å². The summed E-state index contributed by atoms with van der Waals surface area (Å²) in [5, 5.41) is 11.7. The van der Waals surface area contributed by atoms with Crippen LogP contribution in [0, 0.1) is 17.0 Å². The Labute approximate surface area is 206 Å². The van der Waals surface area contributed by atoms with Crippen LogP contribution in [0.15, 0.2) is 76.5 Å². The molecule has 0 atom stereocenters. The van der Waals surface area contributed by atoms with Gasteiger partial charge in [0.2, 0.25) is 0 Å². The van der Waals surface area contributed by atoms with E-state index in [0.717, 1.165) is 12.1 Å². The van der Waals surface area contributed by atoms with Gasteiger partial charge < -0.3 is 0 Å². The average molecular weight is 568 g/mol. The van der Waals surface area contributed by atoms with Gasteiger partial charge in [0.05, 0.1) is 25.8 Å². The molecule has 3 aromatic carbocycles. The zero-order chi connectivity index (χ0) is 28.0. The first-order chi connectivity index (χ1) is 16.9. The molecule has 0 fully saturated rings. The fourth-order valence-corrected chi connectivity index (χ4v) is 6.99. The number of anilines is 1. The molecule has 0 aliphatic heterocycles. The molecule has 3 rings (SSSR count). The summed E-state index contributed by atoms with van der Waals surface area (Å²) < 4.78 is 133. The number of nitro benzene ring substituents is 1. The molecule has 37 heavy (non-hydrogen) atoms. The number of sulfonamides is 2. The minimum atomic E-state index is -5.60.